The average Bonchev–Trinajstić information content (AvgIpc) is 3.45. The summed E-state index contributed by atoms with van der Waals surface area (Å²) in [6.07, 6.45) is 5.20. The van der Waals surface area contributed by atoms with E-state index < -0.39 is 17.4 Å². The Morgan fingerprint density at radius 1 is 1.15 bits per heavy atom. The van der Waals surface area contributed by atoms with Crippen molar-refractivity contribution in [2.75, 3.05) is 13.1 Å². The van der Waals surface area contributed by atoms with E-state index in [0.29, 0.717) is 34.7 Å². The Bertz CT molecular complexity index is 1720. The van der Waals surface area contributed by atoms with E-state index in [1.165, 1.54) is 29.8 Å². The lowest BCUT2D eigenvalue weighted by atomic mass is 9.72. The van der Waals surface area contributed by atoms with Crippen LogP contribution in [0.4, 0.5) is 13.2 Å². The Morgan fingerprint density at radius 2 is 1.93 bits per heavy atom. The monoisotopic (exact) mass is 547 g/mol. The molecule has 8 nitrogen and oxygen atoms in total. The van der Waals surface area contributed by atoms with Crippen molar-refractivity contribution in [1.29, 1.82) is 5.26 Å². The zero-order valence-corrected chi connectivity index (χ0v) is 22.0. The number of nitriles is 1. The fourth-order valence-electron chi connectivity index (χ4n) is 6.51. The fraction of sp³-hybridized carbons (Fsp3) is 0.448. The molecule has 206 valence electrons. The predicted molar refractivity (Wildman–Crippen MR) is 140 cm³/mol. The fourth-order valence-corrected chi connectivity index (χ4v) is 6.51. The van der Waals surface area contributed by atoms with Crippen molar-refractivity contribution in [3.05, 3.63) is 81.5 Å². The van der Waals surface area contributed by atoms with Gasteiger partial charge in [0.2, 0.25) is 0 Å². The maximum absolute atomic E-state index is 14.2. The van der Waals surface area contributed by atoms with Gasteiger partial charge in [0.05, 0.1) is 28.4 Å². The van der Waals surface area contributed by atoms with Crippen LogP contribution in [-0.4, -0.2) is 41.7 Å². The highest BCUT2D eigenvalue weighted by molar-refractivity contribution is 5.58. The van der Waals surface area contributed by atoms with Gasteiger partial charge in [-0.25, -0.2) is 4.79 Å². The number of likely N-dealkylation sites (tertiary alicyclic amines) is 1. The lowest BCUT2D eigenvalue weighted by Crippen LogP contribution is -2.47. The molecule has 1 aliphatic heterocycles. The summed E-state index contributed by atoms with van der Waals surface area (Å²) in [5.41, 5.74) is 0.635. The number of imidazole rings is 1. The molecule has 0 bridgehead atoms. The van der Waals surface area contributed by atoms with E-state index in [4.69, 9.17) is 0 Å². The van der Waals surface area contributed by atoms with Gasteiger partial charge in [0.1, 0.15) is 12.2 Å². The molecule has 1 unspecified atom stereocenters. The van der Waals surface area contributed by atoms with Gasteiger partial charge in [-0.05, 0) is 72.4 Å². The summed E-state index contributed by atoms with van der Waals surface area (Å²) in [7, 11) is 1.86. The Kier molecular flexibility index (Phi) is 5.52. The second-order valence-electron chi connectivity index (χ2n) is 11.8. The van der Waals surface area contributed by atoms with Crippen molar-refractivity contribution >= 4 is 5.52 Å². The highest BCUT2D eigenvalue weighted by atomic mass is 19.4. The first kappa shape index (κ1) is 25.1. The first-order valence-electron chi connectivity index (χ1n) is 13.6. The van der Waals surface area contributed by atoms with Crippen LogP contribution in [0, 0.1) is 22.7 Å². The largest absolute Gasteiger partial charge is 0.418 e. The lowest BCUT2D eigenvalue weighted by Gasteiger charge is -2.40. The van der Waals surface area contributed by atoms with Gasteiger partial charge in [-0.3, -0.25) is 13.9 Å². The third-order valence-corrected chi connectivity index (χ3v) is 8.96. The first-order valence-corrected chi connectivity index (χ1v) is 13.6. The molecule has 2 aliphatic carbocycles. The Morgan fingerprint density at radius 3 is 2.52 bits per heavy atom. The van der Waals surface area contributed by atoms with E-state index in [-0.39, 0.29) is 11.4 Å². The molecule has 3 aromatic heterocycles. The molecule has 3 aliphatic rings. The van der Waals surface area contributed by atoms with Crippen LogP contribution in [0.25, 0.3) is 11.2 Å². The SMILES string of the molecule is Cn1cnnc1C(c1cc(C#N)cc(-n2cc3c(C(F)(F)F)cc(CN4CC5(CC5)C4)cn3c2=O)c1)C1CCC1. The number of halogens is 3. The number of hydrogen-bond donors (Lipinski definition) is 0. The predicted octanol–water partition coefficient (Wildman–Crippen LogP) is 4.64. The molecule has 0 amide bonds. The van der Waals surface area contributed by atoms with Gasteiger partial charge in [0.15, 0.2) is 0 Å². The van der Waals surface area contributed by atoms with Crippen molar-refractivity contribution in [2.45, 2.75) is 50.7 Å². The van der Waals surface area contributed by atoms with Crippen molar-refractivity contribution < 1.29 is 13.2 Å². The van der Waals surface area contributed by atoms with Crippen LogP contribution in [0.15, 0.2) is 47.8 Å². The second-order valence-corrected chi connectivity index (χ2v) is 11.8. The minimum absolute atomic E-state index is 0.148. The number of hydrogen-bond acceptors (Lipinski definition) is 5. The summed E-state index contributed by atoms with van der Waals surface area (Å²) in [4.78, 5) is 15.8. The number of aryl methyl sites for hydroxylation is 1. The summed E-state index contributed by atoms with van der Waals surface area (Å²) >= 11 is 0. The molecule has 1 atom stereocenters. The maximum Gasteiger partial charge on any atom is 0.418 e. The van der Waals surface area contributed by atoms with Crippen LogP contribution in [0.5, 0.6) is 0 Å². The molecule has 0 N–H and O–H groups in total. The number of pyridine rings is 1. The topological polar surface area (TPSA) is 84.2 Å². The molecule has 0 radical (unpaired) electrons. The minimum atomic E-state index is -4.63. The lowest BCUT2D eigenvalue weighted by molar-refractivity contribution is -0.136. The minimum Gasteiger partial charge on any atom is -0.320 e. The Hall–Kier alpha value is -3.91. The molecule has 7 rings (SSSR count). The number of nitrogens with zero attached hydrogens (tertiary/aromatic N) is 7. The standard InChI is InChI=1S/C29H28F3N7O/c1-36-17-34-35-26(36)25(20-3-2-4-20)21-7-18(11-33)8-22(10-21)38-14-24-23(29(30,31)32)9-19(13-39(24)27(38)40)12-37-15-28(16-37)5-6-28/h7-10,13-14,17,20,25H,2-6,12,15-16H2,1H3. The summed E-state index contributed by atoms with van der Waals surface area (Å²) in [5.74, 6) is 0.901. The van der Waals surface area contributed by atoms with E-state index in [2.05, 4.69) is 21.2 Å². The van der Waals surface area contributed by atoms with Gasteiger partial charge >= 0.3 is 11.9 Å². The third-order valence-electron chi connectivity index (χ3n) is 8.96. The summed E-state index contributed by atoms with van der Waals surface area (Å²) in [6, 6.07) is 8.44. The van der Waals surface area contributed by atoms with Crippen molar-refractivity contribution in [3.63, 3.8) is 0 Å². The average molecular weight is 548 g/mol. The van der Waals surface area contributed by atoms with Crippen LogP contribution in [0.3, 0.4) is 0 Å². The normalized spacial score (nSPS) is 19.4. The van der Waals surface area contributed by atoms with Crippen LogP contribution in [0.2, 0.25) is 0 Å². The smallest absolute Gasteiger partial charge is 0.320 e. The van der Waals surface area contributed by atoms with Crippen LogP contribution in [0.1, 0.15) is 66.1 Å². The summed E-state index contributed by atoms with van der Waals surface area (Å²) in [6.45, 7) is 2.15. The highest BCUT2D eigenvalue weighted by Gasteiger charge is 2.52. The van der Waals surface area contributed by atoms with E-state index in [1.807, 2.05) is 11.6 Å². The van der Waals surface area contributed by atoms with E-state index >= 15 is 0 Å². The number of rotatable bonds is 6. The zero-order valence-electron chi connectivity index (χ0n) is 22.0. The van der Waals surface area contributed by atoms with Gasteiger partial charge in [0, 0.05) is 45.0 Å². The summed E-state index contributed by atoms with van der Waals surface area (Å²) in [5, 5.41) is 18.2. The molecule has 2 saturated carbocycles. The van der Waals surface area contributed by atoms with E-state index in [9.17, 15) is 23.2 Å². The van der Waals surface area contributed by atoms with Crippen LogP contribution in [-0.2, 0) is 19.8 Å². The van der Waals surface area contributed by atoms with Gasteiger partial charge in [-0.15, -0.1) is 10.2 Å². The zero-order chi connectivity index (χ0) is 27.8. The Balaban J connectivity index is 1.34. The molecule has 11 heteroatoms. The molecule has 4 heterocycles. The molecule has 3 fully saturated rings. The third kappa shape index (κ3) is 4.13. The molecular weight excluding hydrogens is 519 g/mol. The van der Waals surface area contributed by atoms with E-state index in [0.717, 1.165) is 54.2 Å². The number of benzene rings is 1. The molecular formula is C29H28F3N7O. The number of alkyl halides is 3. The van der Waals surface area contributed by atoms with Crippen molar-refractivity contribution in [2.24, 2.45) is 18.4 Å². The van der Waals surface area contributed by atoms with Gasteiger partial charge in [0.25, 0.3) is 0 Å². The number of aromatic nitrogens is 5. The first-order chi connectivity index (χ1) is 19.1. The molecule has 40 heavy (non-hydrogen) atoms. The van der Waals surface area contributed by atoms with Crippen LogP contribution < -0.4 is 5.69 Å². The molecule has 1 saturated heterocycles. The van der Waals surface area contributed by atoms with Crippen molar-refractivity contribution in [1.82, 2.24) is 28.6 Å². The number of fused-ring (bicyclic) bond motifs is 1. The van der Waals surface area contributed by atoms with Crippen LogP contribution >= 0.6 is 0 Å². The van der Waals surface area contributed by atoms with E-state index in [1.54, 1.807) is 24.5 Å². The van der Waals surface area contributed by atoms with Gasteiger partial charge in [-0.1, -0.05) is 6.42 Å². The quantitative estimate of drug-likeness (QED) is 0.351. The summed E-state index contributed by atoms with van der Waals surface area (Å²) < 4.78 is 46.8. The molecule has 1 aromatic carbocycles. The molecule has 4 aromatic rings. The Labute approximate surface area is 228 Å². The second kappa shape index (κ2) is 8.80. The highest BCUT2D eigenvalue weighted by Crippen LogP contribution is 2.53. The van der Waals surface area contributed by atoms with Gasteiger partial charge < -0.3 is 4.57 Å². The van der Waals surface area contributed by atoms with Crippen molar-refractivity contribution in [3.8, 4) is 11.8 Å². The van der Waals surface area contributed by atoms with Gasteiger partial charge in [-0.2, -0.15) is 18.4 Å². The molecule has 1 spiro atoms. The maximum atomic E-state index is 14.2.